The van der Waals surface area contributed by atoms with Crippen LogP contribution < -0.4 is 10.5 Å². The molecule has 0 saturated carbocycles. The van der Waals surface area contributed by atoms with Crippen molar-refractivity contribution in [1.29, 1.82) is 0 Å². The molecule has 0 aliphatic carbocycles. The number of primary amides is 1. The van der Waals surface area contributed by atoms with Crippen LogP contribution in [0.25, 0.3) is 6.08 Å². The number of thioether (sulfide) groups is 1. The van der Waals surface area contributed by atoms with Gasteiger partial charge in [0.15, 0.2) is 6.61 Å². The van der Waals surface area contributed by atoms with E-state index in [1.807, 2.05) is 31.2 Å². The Morgan fingerprint density at radius 3 is 2.59 bits per heavy atom. The molecule has 138 valence electrons. The van der Waals surface area contributed by atoms with Crippen molar-refractivity contribution in [3.63, 3.8) is 0 Å². The third-order valence-electron chi connectivity index (χ3n) is 4.04. The second-order valence-electron chi connectivity index (χ2n) is 5.99. The van der Waals surface area contributed by atoms with Gasteiger partial charge in [-0.15, -0.1) is 0 Å². The van der Waals surface area contributed by atoms with E-state index in [9.17, 15) is 14.4 Å². The van der Waals surface area contributed by atoms with E-state index in [2.05, 4.69) is 0 Å². The maximum Gasteiger partial charge on any atom is 0.293 e. The van der Waals surface area contributed by atoms with E-state index in [1.165, 1.54) is 4.90 Å². The Hall–Kier alpha value is -3.06. The summed E-state index contributed by atoms with van der Waals surface area (Å²) in [5.74, 6) is -0.525. The summed E-state index contributed by atoms with van der Waals surface area (Å²) < 4.78 is 5.37. The maximum atomic E-state index is 12.7. The average molecular weight is 382 g/mol. The molecule has 7 heteroatoms. The highest BCUT2D eigenvalue weighted by Gasteiger charge is 2.35. The van der Waals surface area contributed by atoms with E-state index >= 15 is 0 Å². The lowest BCUT2D eigenvalue weighted by Crippen LogP contribution is -2.27. The number of hydrogen-bond acceptors (Lipinski definition) is 5. The van der Waals surface area contributed by atoms with Crippen LogP contribution in [0.3, 0.4) is 0 Å². The third kappa shape index (κ3) is 4.38. The first-order valence-corrected chi connectivity index (χ1v) is 9.07. The fourth-order valence-electron chi connectivity index (χ4n) is 2.62. The number of rotatable bonds is 6. The molecule has 0 spiro atoms. The second kappa shape index (κ2) is 8.09. The monoisotopic (exact) mass is 382 g/mol. The van der Waals surface area contributed by atoms with Crippen molar-refractivity contribution in [3.05, 3.63) is 70.1 Å². The molecule has 6 nitrogen and oxygen atoms in total. The van der Waals surface area contributed by atoms with Gasteiger partial charge in [0, 0.05) is 5.56 Å². The van der Waals surface area contributed by atoms with Gasteiger partial charge in [-0.05, 0) is 42.0 Å². The summed E-state index contributed by atoms with van der Waals surface area (Å²) in [5.41, 5.74) is 7.65. The Bertz CT molecular complexity index is 939. The highest BCUT2D eigenvalue weighted by atomic mass is 32.2. The van der Waals surface area contributed by atoms with Crippen molar-refractivity contribution in [3.8, 4) is 5.75 Å². The molecule has 1 aliphatic rings. The number of imide groups is 1. The molecule has 0 bridgehead atoms. The lowest BCUT2D eigenvalue weighted by molar-refractivity contribution is -0.123. The first-order chi connectivity index (χ1) is 13.0. The number of amides is 3. The SMILES string of the molecule is Cc1ccccc1CN1C(=O)S/C(=C\c2ccccc2OCC(N)=O)C1=O. The van der Waals surface area contributed by atoms with Crippen LogP contribution in [-0.4, -0.2) is 28.6 Å². The molecule has 2 aromatic carbocycles. The number of nitrogens with zero attached hydrogens (tertiary/aromatic N) is 1. The molecular formula is C20H18N2O4S. The number of nitrogens with two attached hydrogens (primary N) is 1. The van der Waals surface area contributed by atoms with Crippen LogP contribution in [0.4, 0.5) is 4.79 Å². The summed E-state index contributed by atoms with van der Waals surface area (Å²) in [6.45, 7) is 1.91. The first kappa shape index (κ1) is 18.7. The zero-order valence-corrected chi connectivity index (χ0v) is 15.5. The molecule has 1 saturated heterocycles. The largest absolute Gasteiger partial charge is 0.483 e. The van der Waals surface area contributed by atoms with Crippen LogP contribution in [0.15, 0.2) is 53.4 Å². The number of ether oxygens (including phenoxy) is 1. The van der Waals surface area contributed by atoms with Gasteiger partial charge in [-0.1, -0.05) is 42.5 Å². The predicted octanol–water partition coefficient (Wildman–Crippen LogP) is 3.10. The van der Waals surface area contributed by atoms with E-state index in [0.29, 0.717) is 16.2 Å². The van der Waals surface area contributed by atoms with Crippen molar-refractivity contribution >= 4 is 34.9 Å². The van der Waals surface area contributed by atoms with Gasteiger partial charge in [0.25, 0.3) is 17.1 Å². The summed E-state index contributed by atoms with van der Waals surface area (Å²) in [6, 6.07) is 14.6. The fraction of sp³-hybridized carbons (Fsp3) is 0.150. The normalized spacial score (nSPS) is 15.4. The Morgan fingerprint density at radius 2 is 1.85 bits per heavy atom. The lowest BCUT2D eigenvalue weighted by atomic mass is 10.1. The summed E-state index contributed by atoms with van der Waals surface area (Å²) in [6.07, 6.45) is 1.60. The number of carbonyl (C=O) groups excluding carboxylic acids is 3. The molecule has 2 N–H and O–H groups in total. The quantitative estimate of drug-likeness (QED) is 0.776. The Morgan fingerprint density at radius 1 is 1.15 bits per heavy atom. The van der Waals surface area contributed by atoms with Crippen LogP contribution >= 0.6 is 11.8 Å². The predicted molar refractivity (Wildman–Crippen MR) is 104 cm³/mol. The van der Waals surface area contributed by atoms with Crippen molar-refractivity contribution in [1.82, 2.24) is 4.90 Å². The van der Waals surface area contributed by atoms with Gasteiger partial charge in [0.2, 0.25) is 0 Å². The number of carbonyl (C=O) groups is 3. The van der Waals surface area contributed by atoms with E-state index in [0.717, 1.165) is 22.9 Å². The molecule has 3 rings (SSSR count). The highest BCUT2D eigenvalue weighted by Crippen LogP contribution is 2.35. The molecule has 3 amide bonds. The van der Waals surface area contributed by atoms with Gasteiger partial charge in [-0.3, -0.25) is 19.3 Å². The highest BCUT2D eigenvalue weighted by molar-refractivity contribution is 8.18. The standard InChI is InChI=1S/C20H18N2O4S/c1-13-6-2-3-8-15(13)11-22-19(24)17(27-20(22)25)10-14-7-4-5-9-16(14)26-12-18(21)23/h2-10H,11-12H2,1H3,(H2,21,23)/b17-10-. The van der Waals surface area contributed by atoms with E-state index in [4.69, 9.17) is 10.5 Å². The Balaban J connectivity index is 1.83. The minimum Gasteiger partial charge on any atom is -0.483 e. The van der Waals surface area contributed by atoms with Gasteiger partial charge >= 0.3 is 0 Å². The zero-order chi connectivity index (χ0) is 19.4. The first-order valence-electron chi connectivity index (χ1n) is 8.25. The van der Waals surface area contributed by atoms with Gasteiger partial charge < -0.3 is 10.5 Å². The minimum absolute atomic E-state index is 0.231. The maximum absolute atomic E-state index is 12.7. The minimum atomic E-state index is -0.594. The molecule has 0 radical (unpaired) electrons. The number of hydrogen-bond donors (Lipinski definition) is 1. The van der Waals surface area contributed by atoms with Crippen LogP contribution in [0.5, 0.6) is 5.75 Å². The topological polar surface area (TPSA) is 89.7 Å². The Labute approximate surface area is 161 Å². The summed E-state index contributed by atoms with van der Waals surface area (Å²) in [4.78, 5) is 37.5. The summed E-state index contributed by atoms with van der Waals surface area (Å²) >= 11 is 0.886. The lowest BCUT2D eigenvalue weighted by Gasteiger charge is -2.14. The van der Waals surface area contributed by atoms with E-state index in [-0.39, 0.29) is 24.3 Å². The zero-order valence-electron chi connectivity index (χ0n) is 14.7. The van der Waals surface area contributed by atoms with E-state index in [1.54, 1.807) is 30.3 Å². The molecule has 27 heavy (non-hydrogen) atoms. The Kier molecular flexibility index (Phi) is 5.61. The summed E-state index contributed by atoms with van der Waals surface area (Å²) in [7, 11) is 0. The van der Waals surface area contributed by atoms with Crippen LogP contribution in [0.1, 0.15) is 16.7 Å². The van der Waals surface area contributed by atoms with Gasteiger partial charge in [0.05, 0.1) is 11.4 Å². The number of para-hydroxylation sites is 1. The van der Waals surface area contributed by atoms with Gasteiger partial charge in [0.1, 0.15) is 5.75 Å². The van der Waals surface area contributed by atoms with Crippen molar-refractivity contribution in [2.75, 3.05) is 6.61 Å². The average Bonchev–Trinajstić information content (AvgIpc) is 2.90. The molecule has 1 fully saturated rings. The van der Waals surface area contributed by atoms with Gasteiger partial charge in [-0.2, -0.15) is 0 Å². The molecule has 1 aliphatic heterocycles. The van der Waals surface area contributed by atoms with Gasteiger partial charge in [-0.25, -0.2) is 0 Å². The molecule has 0 atom stereocenters. The summed E-state index contributed by atoms with van der Waals surface area (Å²) in [5, 5.41) is -0.315. The van der Waals surface area contributed by atoms with Crippen LogP contribution in [-0.2, 0) is 16.1 Å². The fourth-order valence-corrected chi connectivity index (χ4v) is 3.44. The number of benzene rings is 2. The molecule has 2 aromatic rings. The second-order valence-corrected chi connectivity index (χ2v) is 6.98. The molecule has 0 unspecified atom stereocenters. The molecule has 1 heterocycles. The van der Waals surface area contributed by atoms with Crippen LogP contribution in [0.2, 0.25) is 0 Å². The smallest absolute Gasteiger partial charge is 0.293 e. The van der Waals surface area contributed by atoms with E-state index < -0.39 is 5.91 Å². The van der Waals surface area contributed by atoms with Crippen molar-refractivity contribution in [2.24, 2.45) is 5.73 Å². The third-order valence-corrected chi connectivity index (χ3v) is 4.95. The van der Waals surface area contributed by atoms with Crippen LogP contribution in [0, 0.1) is 6.92 Å². The molecule has 0 aromatic heterocycles. The van der Waals surface area contributed by atoms with Crippen molar-refractivity contribution in [2.45, 2.75) is 13.5 Å². The van der Waals surface area contributed by atoms with Crippen molar-refractivity contribution < 1.29 is 19.1 Å². The molecular weight excluding hydrogens is 364 g/mol. The number of aryl methyl sites for hydroxylation is 1.